The van der Waals surface area contributed by atoms with Gasteiger partial charge in [0, 0.05) is 22.5 Å². The van der Waals surface area contributed by atoms with Crippen LogP contribution in [0.2, 0.25) is 0 Å². The van der Waals surface area contributed by atoms with Crippen molar-refractivity contribution in [2.45, 2.75) is 20.8 Å². The zero-order valence-corrected chi connectivity index (χ0v) is 19.2. The number of esters is 1. The molecular weight excluding hydrogens is 430 g/mol. The average molecular weight is 456 g/mol. The highest BCUT2D eigenvalue weighted by molar-refractivity contribution is 6.00. The first-order chi connectivity index (χ1) is 16.4. The predicted molar refractivity (Wildman–Crippen MR) is 132 cm³/mol. The van der Waals surface area contributed by atoms with Gasteiger partial charge < -0.3 is 19.8 Å². The van der Waals surface area contributed by atoms with Crippen LogP contribution in [0.3, 0.4) is 0 Å². The zero-order chi connectivity index (χ0) is 24.1. The Labute approximate surface area is 197 Å². The van der Waals surface area contributed by atoms with Crippen molar-refractivity contribution in [3.8, 4) is 22.7 Å². The molecule has 3 aromatic carbocycles. The number of rotatable bonds is 6. The van der Waals surface area contributed by atoms with Crippen molar-refractivity contribution in [1.29, 1.82) is 0 Å². The first-order valence-electron chi connectivity index (χ1n) is 10.9. The Bertz CT molecular complexity index is 1330. The number of aryl methyl sites for hydroxylation is 2. The number of oxazole rings is 1. The first kappa shape index (κ1) is 22.8. The number of anilines is 2. The lowest BCUT2D eigenvalue weighted by Crippen LogP contribution is -2.19. The molecule has 0 saturated heterocycles. The number of hydrogen-bond acceptors (Lipinski definition) is 5. The molecule has 2 N–H and O–H groups in total. The van der Waals surface area contributed by atoms with Crippen LogP contribution in [0.25, 0.3) is 22.7 Å². The molecule has 1 heterocycles. The third-order valence-corrected chi connectivity index (χ3v) is 5.18. The number of amides is 2. The van der Waals surface area contributed by atoms with Crippen LogP contribution < -0.4 is 10.6 Å². The molecule has 0 radical (unpaired) electrons. The summed E-state index contributed by atoms with van der Waals surface area (Å²) in [6.07, 6.45) is 1.65. The van der Waals surface area contributed by atoms with E-state index in [1.165, 1.54) is 5.56 Å². The predicted octanol–water partition coefficient (Wildman–Crippen LogP) is 6.45. The van der Waals surface area contributed by atoms with Gasteiger partial charge in [-0.05, 0) is 68.8 Å². The van der Waals surface area contributed by atoms with Gasteiger partial charge in [-0.2, -0.15) is 0 Å². The van der Waals surface area contributed by atoms with E-state index in [4.69, 9.17) is 9.15 Å². The quantitative estimate of drug-likeness (QED) is 0.326. The normalized spacial score (nSPS) is 10.6. The molecular formula is C27H25N3O4. The van der Waals surface area contributed by atoms with Crippen LogP contribution in [-0.4, -0.2) is 23.6 Å². The van der Waals surface area contributed by atoms with Crippen molar-refractivity contribution in [1.82, 2.24) is 4.98 Å². The van der Waals surface area contributed by atoms with Crippen LogP contribution in [0.5, 0.6) is 0 Å². The van der Waals surface area contributed by atoms with Gasteiger partial charge in [-0.1, -0.05) is 29.8 Å². The highest BCUT2D eigenvalue weighted by atomic mass is 16.5. The van der Waals surface area contributed by atoms with E-state index in [1.54, 1.807) is 49.6 Å². The van der Waals surface area contributed by atoms with Gasteiger partial charge in [-0.3, -0.25) is 0 Å². The van der Waals surface area contributed by atoms with Crippen molar-refractivity contribution in [3.63, 3.8) is 0 Å². The Kier molecular flexibility index (Phi) is 6.73. The summed E-state index contributed by atoms with van der Waals surface area (Å²) >= 11 is 0. The minimum atomic E-state index is -0.436. The van der Waals surface area contributed by atoms with E-state index in [1.807, 2.05) is 18.2 Å². The van der Waals surface area contributed by atoms with Gasteiger partial charge in [0.15, 0.2) is 0 Å². The number of nitrogens with one attached hydrogen (secondary N) is 2. The average Bonchev–Trinajstić information content (AvgIpc) is 3.30. The maximum atomic E-state index is 12.4. The lowest BCUT2D eigenvalue weighted by Gasteiger charge is -2.09. The molecule has 0 fully saturated rings. The molecule has 7 nitrogen and oxygen atoms in total. The molecule has 0 unspecified atom stereocenters. The first-order valence-corrected chi connectivity index (χ1v) is 10.9. The molecule has 0 saturated carbocycles. The number of aromatic nitrogens is 1. The topological polar surface area (TPSA) is 93.5 Å². The fourth-order valence-electron chi connectivity index (χ4n) is 3.56. The van der Waals surface area contributed by atoms with Gasteiger partial charge in [-0.15, -0.1) is 0 Å². The third kappa shape index (κ3) is 5.32. The minimum absolute atomic E-state index is 0.285. The third-order valence-electron chi connectivity index (χ3n) is 5.18. The van der Waals surface area contributed by atoms with Gasteiger partial charge in [0.05, 0.1) is 12.2 Å². The number of carbonyl (C=O) groups is 2. The Morgan fingerprint density at radius 2 is 1.71 bits per heavy atom. The van der Waals surface area contributed by atoms with E-state index in [2.05, 4.69) is 41.6 Å². The van der Waals surface area contributed by atoms with E-state index in [9.17, 15) is 9.59 Å². The summed E-state index contributed by atoms with van der Waals surface area (Å²) in [4.78, 5) is 28.9. The molecule has 34 heavy (non-hydrogen) atoms. The minimum Gasteiger partial charge on any atom is -0.462 e. The lowest BCUT2D eigenvalue weighted by molar-refractivity contribution is 0.0526. The summed E-state index contributed by atoms with van der Waals surface area (Å²) in [7, 11) is 0. The van der Waals surface area contributed by atoms with Crippen molar-refractivity contribution < 1.29 is 18.7 Å². The Morgan fingerprint density at radius 1 is 0.941 bits per heavy atom. The Morgan fingerprint density at radius 3 is 2.44 bits per heavy atom. The molecule has 4 aromatic rings. The van der Waals surface area contributed by atoms with E-state index in [-0.39, 0.29) is 6.61 Å². The molecule has 0 aliphatic carbocycles. The van der Waals surface area contributed by atoms with Crippen molar-refractivity contribution in [2.24, 2.45) is 0 Å². The number of benzene rings is 3. The molecule has 0 aliphatic heterocycles. The van der Waals surface area contributed by atoms with Crippen LogP contribution >= 0.6 is 0 Å². The van der Waals surface area contributed by atoms with Crippen LogP contribution in [0.4, 0.5) is 16.2 Å². The van der Waals surface area contributed by atoms with Gasteiger partial charge in [0.25, 0.3) is 0 Å². The number of carbonyl (C=O) groups excluding carboxylic acids is 2. The molecule has 2 amide bonds. The summed E-state index contributed by atoms with van der Waals surface area (Å²) in [5.74, 6) is 0.0659. The monoisotopic (exact) mass is 455 g/mol. The zero-order valence-electron chi connectivity index (χ0n) is 19.2. The fourth-order valence-corrected chi connectivity index (χ4v) is 3.56. The molecule has 0 aliphatic rings. The lowest BCUT2D eigenvalue weighted by atomic mass is 10.0. The van der Waals surface area contributed by atoms with Gasteiger partial charge in [0.1, 0.15) is 12.0 Å². The van der Waals surface area contributed by atoms with Crippen molar-refractivity contribution >= 4 is 23.4 Å². The van der Waals surface area contributed by atoms with Crippen LogP contribution in [0.15, 0.2) is 77.4 Å². The number of hydrogen-bond donors (Lipinski definition) is 2. The summed E-state index contributed by atoms with van der Waals surface area (Å²) < 4.78 is 10.7. The van der Waals surface area contributed by atoms with Crippen molar-refractivity contribution in [3.05, 3.63) is 89.7 Å². The molecule has 7 heteroatoms. The smallest absolute Gasteiger partial charge is 0.338 e. The van der Waals surface area contributed by atoms with Gasteiger partial charge >= 0.3 is 12.0 Å². The number of urea groups is 1. The SMILES string of the molecule is CCOC(=O)c1cccc(NC(=O)Nc2ccc(-c3nc(-c4ccc(C)cc4C)co3)cc2)c1. The molecule has 0 bridgehead atoms. The Hall–Kier alpha value is -4.39. The second kappa shape index (κ2) is 10.0. The number of nitrogens with zero attached hydrogens (tertiary/aromatic N) is 1. The summed E-state index contributed by atoms with van der Waals surface area (Å²) in [6, 6.07) is 19.5. The molecule has 4 rings (SSSR count). The number of ether oxygens (including phenoxy) is 1. The van der Waals surface area contributed by atoms with Crippen molar-refractivity contribution in [2.75, 3.05) is 17.2 Å². The summed E-state index contributed by atoms with van der Waals surface area (Å²) in [5, 5.41) is 5.49. The second-order valence-electron chi connectivity index (χ2n) is 7.81. The van der Waals surface area contributed by atoms with E-state index in [0.29, 0.717) is 22.8 Å². The molecule has 1 aromatic heterocycles. The molecule has 172 valence electrons. The van der Waals surface area contributed by atoms with E-state index in [0.717, 1.165) is 22.4 Å². The summed E-state index contributed by atoms with van der Waals surface area (Å²) in [6.45, 7) is 6.13. The highest BCUT2D eigenvalue weighted by Crippen LogP contribution is 2.28. The van der Waals surface area contributed by atoms with E-state index < -0.39 is 12.0 Å². The largest absolute Gasteiger partial charge is 0.462 e. The van der Waals surface area contributed by atoms with Gasteiger partial charge in [-0.25, -0.2) is 14.6 Å². The Balaban J connectivity index is 1.41. The van der Waals surface area contributed by atoms with Crippen LogP contribution in [0, 0.1) is 13.8 Å². The standard InChI is InChI=1S/C27H25N3O4/c1-4-33-26(31)20-6-5-7-22(15-20)29-27(32)28-21-11-9-19(10-12-21)25-30-24(16-34-25)23-13-8-17(2)14-18(23)3/h5-16H,4H2,1-3H3,(H2,28,29,32). The summed E-state index contributed by atoms with van der Waals surface area (Å²) in [5.41, 5.74) is 6.39. The van der Waals surface area contributed by atoms with E-state index >= 15 is 0 Å². The highest BCUT2D eigenvalue weighted by Gasteiger charge is 2.12. The van der Waals surface area contributed by atoms with Gasteiger partial charge in [0.2, 0.25) is 5.89 Å². The molecule has 0 spiro atoms. The van der Waals surface area contributed by atoms with Crippen LogP contribution in [-0.2, 0) is 4.74 Å². The fraction of sp³-hybridized carbons (Fsp3) is 0.148. The maximum Gasteiger partial charge on any atom is 0.338 e. The maximum absolute atomic E-state index is 12.4. The van der Waals surface area contributed by atoms with Crippen LogP contribution in [0.1, 0.15) is 28.4 Å². The molecule has 0 atom stereocenters. The second-order valence-corrected chi connectivity index (χ2v) is 7.81.